The number of aryl methyl sites for hydroxylation is 1. The van der Waals surface area contributed by atoms with Crippen molar-refractivity contribution in [2.24, 2.45) is 5.92 Å². The third kappa shape index (κ3) is 5.71. The zero-order chi connectivity index (χ0) is 29.2. The molecular formula is C29H30N2O8S. The Kier molecular flexibility index (Phi) is 8.29. The van der Waals surface area contributed by atoms with Gasteiger partial charge in [-0.1, -0.05) is 38.1 Å². The van der Waals surface area contributed by atoms with Crippen LogP contribution in [0.2, 0.25) is 0 Å². The van der Waals surface area contributed by atoms with E-state index in [4.69, 9.17) is 9.15 Å². The SMILES string of the molecule is COc1c(CO)ccc2oc(C(=O)Nc3ccc(-c4ccc(S(=O)(=O)N[C@H](C(=O)O)C(C)C)cc4)cc3)c(C)c12. The van der Waals surface area contributed by atoms with Gasteiger partial charge < -0.3 is 24.7 Å². The van der Waals surface area contributed by atoms with Gasteiger partial charge in [-0.25, -0.2) is 8.42 Å². The Balaban J connectivity index is 1.50. The van der Waals surface area contributed by atoms with Gasteiger partial charge in [-0.05, 0) is 60.4 Å². The van der Waals surface area contributed by atoms with Crippen LogP contribution in [0, 0.1) is 12.8 Å². The van der Waals surface area contributed by atoms with Crippen LogP contribution in [-0.2, 0) is 21.4 Å². The molecule has 1 heterocycles. The summed E-state index contributed by atoms with van der Waals surface area (Å²) in [5.41, 5.74) is 3.67. The number of benzene rings is 3. The zero-order valence-electron chi connectivity index (χ0n) is 22.4. The number of sulfonamides is 1. The molecule has 210 valence electrons. The van der Waals surface area contributed by atoms with E-state index in [1.807, 2.05) is 0 Å². The molecule has 0 spiro atoms. The number of nitrogens with one attached hydrogen (secondary N) is 2. The first kappa shape index (κ1) is 28.8. The largest absolute Gasteiger partial charge is 0.496 e. The van der Waals surface area contributed by atoms with Gasteiger partial charge in [0.15, 0.2) is 5.76 Å². The lowest BCUT2D eigenvalue weighted by Gasteiger charge is -2.18. The van der Waals surface area contributed by atoms with E-state index in [1.54, 1.807) is 69.3 Å². The fraction of sp³-hybridized carbons (Fsp3) is 0.241. The van der Waals surface area contributed by atoms with Crippen LogP contribution in [-0.4, -0.2) is 43.7 Å². The molecule has 0 aliphatic carbocycles. The molecule has 0 saturated heterocycles. The van der Waals surface area contributed by atoms with Gasteiger partial charge in [-0.2, -0.15) is 4.72 Å². The van der Waals surface area contributed by atoms with Gasteiger partial charge in [-0.3, -0.25) is 9.59 Å². The molecule has 4 aromatic rings. The number of amides is 1. The van der Waals surface area contributed by atoms with Crippen LogP contribution in [0.5, 0.6) is 5.75 Å². The molecule has 0 radical (unpaired) electrons. The van der Waals surface area contributed by atoms with Gasteiger partial charge in [0.2, 0.25) is 10.0 Å². The molecule has 1 aromatic heterocycles. The van der Waals surface area contributed by atoms with Gasteiger partial charge >= 0.3 is 5.97 Å². The predicted octanol–water partition coefficient (Wildman–Crippen LogP) is 4.55. The number of hydrogen-bond donors (Lipinski definition) is 4. The number of carboxylic acid groups (broad SMARTS) is 1. The summed E-state index contributed by atoms with van der Waals surface area (Å²) < 4.78 is 38.8. The standard InChI is InChI=1S/C29H30N2O8S/c1-16(2)25(29(34)35)31-40(36,37)22-12-7-19(8-13-22)18-5-10-21(11-6-18)30-28(33)26-17(3)24-23(39-26)14-9-20(15-32)27(24)38-4/h5-14,16,25,31-32H,15H2,1-4H3,(H,30,33)(H,34,35)/t25-/m0/s1. The molecule has 0 aliphatic rings. The molecule has 10 nitrogen and oxygen atoms in total. The Morgan fingerprint density at radius 2 is 1.57 bits per heavy atom. The van der Waals surface area contributed by atoms with Crippen molar-refractivity contribution in [1.29, 1.82) is 0 Å². The fourth-order valence-electron chi connectivity index (χ4n) is 4.39. The molecule has 0 bridgehead atoms. The van der Waals surface area contributed by atoms with Gasteiger partial charge in [0.1, 0.15) is 17.4 Å². The maximum atomic E-state index is 13.0. The first-order chi connectivity index (χ1) is 19.0. The van der Waals surface area contributed by atoms with Crippen LogP contribution in [0.25, 0.3) is 22.1 Å². The van der Waals surface area contributed by atoms with E-state index in [0.29, 0.717) is 33.5 Å². The van der Waals surface area contributed by atoms with E-state index in [9.17, 15) is 28.2 Å². The quantitative estimate of drug-likeness (QED) is 0.218. The van der Waals surface area contributed by atoms with Crippen LogP contribution in [0.1, 0.15) is 35.5 Å². The second-order valence-electron chi connectivity index (χ2n) is 9.58. The number of anilines is 1. The van der Waals surface area contributed by atoms with Crippen molar-refractivity contribution in [3.05, 3.63) is 77.6 Å². The average Bonchev–Trinajstić information content (AvgIpc) is 3.27. The van der Waals surface area contributed by atoms with Crippen LogP contribution >= 0.6 is 0 Å². The molecule has 1 atom stereocenters. The van der Waals surface area contributed by atoms with Gasteiger partial charge in [0.25, 0.3) is 5.91 Å². The number of aliphatic carboxylic acids is 1. The van der Waals surface area contributed by atoms with Crippen LogP contribution in [0.15, 0.2) is 70.0 Å². The average molecular weight is 567 g/mol. The van der Waals surface area contributed by atoms with Crippen LogP contribution in [0.4, 0.5) is 5.69 Å². The Bertz CT molecular complexity index is 1660. The normalized spacial score (nSPS) is 12.4. The maximum absolute atomic E-state index is 13.0. The van der Waals surface area contributed by atoms with Crippen molar-refractivity contribution in [2.45, 2.75) is 38.3 Å². The smallest absolute Gasteiger partial charge is 0.322 e. The summed E-state index contributed by atoms with van der Waals surface area (Å²) in [6, 6.07) is 15.2. The summed E-state index contributed by atoms with van der Waals surface area (Å²) >= 11 is 0. The summed E-state index contributed by atoms with van der Waals surface area (Å²) in [7, 11) is -2.53. The summed E-state index contributed by atoms with van der Waals surface area (Å²) in [5, 5.41) is 22.3. The maximum Gasteiger partial charge on any atom is 0.322 e. The molecule has 0 saturated carbocycles. The molecule has 1 amide bonds. The monoisotopic (exact) mass is 566 g/mol. The van der Waals surface area contributed by atoms with Crippen molar-refractivity contribution in [2.75, 3.05) is 12.4 Å². The third-order valence-electron chi connectivity index (χ3n) is 6.56. The first-order valence-corrected chi connectivity index (χ1v) is 13.9. The number of aliphatic hydroxyl groups excluding tert-OH is 1. The third-order valence-corrected chi connectivity index (χ3v) is 8.02. The van der Waals surface area contributed by atoms with Crippen LogP contribution in [0.3, 0.4) is 0 Å². The topological polar surface area (TPSA) is 155 Å². The highest BCUT2D eigenvalue weighted by Crippen LogP contribution is 2.36. The highest BCUT2D eigenvalue weighted by atomic mass is 32.2. The van der Waals surface area contributed by atoms with Crippen LogP contribution < -0.4 is 14.8 Å². The number of carbonyl (C=O) groups is 2. The van der Waals surface area contributed by atoms with Gasteiger partial charge in [-0.15, -0.1) is 0 Å². The highest BCUT2D eigenvalue weighted by Gasteiger charge is 2.28. The summed E-state index contributed by atoms with van der Waals surface area (Å²) in [6.45, 7) is 4.78. The molecule has 0 unspecified atom stereocenters. The van der Waals surface area contributed by atoms with Gasteiger partial charge in [0.05, 0.1) is 24.0 Å². The molecule has 40 heavy (non-hydrogen) atoms. The Morgan fingerprint density at radius 3 is 2.10 bits per heavy atom. The van der Waals surface area contributed by atoms with E-state index >= 15 is 0 Å². The predicted molar refractivity (Wildman–Crippen MR) is 150 cm³/mol. The number of aliphatic hydroxyl groups is 1. The highest BCUT2D eigenvalue weighted by molar-refractivity contribution is 7.89. The zero-order valence-corrected chi connectivity index (χ0v) is 23.2. The minimum absolute atomic E-state index is 0.0454. The van der Waals surface area contributed by atoms with E-state index in [1.165, 1.54) is 19.2 Å². The van der Waals surface area contributed by atoms with Gasteiger partial charge in [0, 0.05) is 16.8 Å². The summed E-state index contributed by atoms with van der Waals surface area (Å²) in [5.74, 6) is -1.53. The van der Waals surface area contributed by atoms with Crippen molar-refractivity contribution < 1.29 is 37.4 Å². The first-order valence-electron chi connectivity index (χ1n) is 12.4. The van der Waals surface area contributed by atoms with E-state index in [0.717, 1.165) is 11.1 Å². The molecular weight excluding hydrogens is 536 g/mol. The second-order valence-corrected chi connectivity index (χ2v) is 11.3. The number of methoxy groups -OCH3 is 1. The lowest BCUT2D eigenvalue weighted by molar-refractivity contribution is -0.140. The fourth-order valence-corrected chi connectivity index (χ4v) is 5.73. The van der Waals surface area contributed by atoms with E-state index in [2.05, 4.69) is 10.0 Å². The Hall–Kier alpha value is -4.19. The molecule has 4 rings (SSSR count). The molecule has 11 heteroatoms. The summed E-state index contributed by atoms with van der Waals surface area (Å²) in [4.78, 5) is 24.4. The minimum atomic E-state index is -4.02. The number of rotatable bonds is 10. The van der Waals surface area contributed by atoms with Crippen molar-refractivity contribution >= 4 is 38.6 Å². The number of hydrogen-bond acceptors (Lipinski definition) is 7. The summed E-state index contributed by atoms with van der Waals surface area (Å²) in [6.07, 6.45) is 0. The molecule has 3 aromatic carbocycles. The second kappa shape index (κ2) is 11.5. The molecule has 4 N–H and O–H groups in total. The van der Waals surface area contributed by atoms with Crippen molar-refractivity contribution in [1.82, 2.24) is 4.72 Å². The number of ether oxygens (including phenoxy) is 1. The number of furan rings is 1. The number of carbonyl (C=O) groups excluding carboxylic acids is 1. The van der Waals surface area contributed by atoms with E-state index in [-0.39, 0.29) is 17.3 Å². The van der Waals surface area contributed by atoms with E-state index < -0.39 is 33.9 Å². The Labute approximate surface area is 231 Å². The van der Waals surface area contributed by atoms with Crippen molar-refractivity contribution in [3.8, 4) is 16.9 Å². The molecule has 0 aliphatic heterocycles. The lowest BCUT2D eigenvalue weighted by Crippen LogP contribution is -2.44. The lowest BCUT2D eigenvalue weighted by atomic mass is 10.1. The number of fused-ring (bicyclic) bond motifs is 1. The van der Waals surface area contributed by atoms with Crippen molar-refractivity contribution in [3.63, 3.8) is 0 Å². The minimum Gasteiger partial charge on any atom is -0.496 e. The Morgan fingerprint density at radius 1 is 0.975 bits per heavy atom. The molecule has 0 fully saturated rings. The number of carboxylic acids is 1.